The number of halogens is 1. The summed E-state index contributed by atoms with van der Waals surface area (Å²) in [5, 5.41) is 2.94. The SMILES string of the molecule is CC1OC2(CCN(CCC(=O)Nc3ccccc3)CC2)CN(c2ccccc2)C1=O.Cl. The standard InChI is InChI=1S/C24H29N3O3.ClH/c1-19-23(29)27(21-10-6-3-7-11-21)18-24(30-19)13-16-26(17-14-24)15-12-22(28)25-20-8-4-2-5-9-20;/h2-11,19H,12-18H2,1H3,(H,25,28);1H. The van der Waals surface area contributed by atoms with Gasteiger partial charge in [-0.1, -0.05) is 36.4 Å². The average molecular weight is 444 g/mol. The van der Waals surface area contributed by atoms with E-state index in [1.54, 1.807) is 0 Å². The number of nitrogens with zero attached hydrogens (tertiary/aromatic N) is 2. The van der Waals surface area contributed by atoms with Crippen molar-refractivity contribution in [2.24, 2.45) is 0 Å². The molecule has 0 aliphatic carbocycles. The number of likely N-dealkylation sites (tertiary alicyclic amines) is 1. The number of amides is 2. The number of anilines is 2. The van der Waals surface area contributed by atoms with Gasteiger partial charge in [0.25, 0.3) is 5.91 Å². The van der Waals surface area contributed by atoms with Gasteiger partial charge >= 0.3 is 0 Å². The van der Waals surface area contributed by atoms with Crippen molar-refractivity contribution in [3.05, 3.63) is 60.7 Å². The highest BCUT2D eigenvalue weighted by molar-refractivity contribution is 5.97. The Labute approximate surface area is 190 Å². The van der Waals surface area contributed by atoms with Gasteiger partial charge in [0, 0.05) is 37.4 Å². The Morgan fingerprint density at radius 2 is 1.68 bits per heavy atom. The molecule has 2 aliphatic heterocycles. The highest BCUT2D eigenvalue weighted by atomic mass is 35.5. The zero-order valence-corrected chi connectivity index (χ0v) is 18.6. The number of morpholine rings is 1. The summed E-state index contributed by atoms with van der Waals surface area (Å²) in [7, 11) is 0. The summed E-state index contributed by atoms with van der Waals surface area (Å²) < 4.78 is 6.23. The molecule has 4 rings (SSSR count). The van der Waals surface area contributed by atoms with Gasteiger partial charge in [0.2, 0.25) is 5.91 Å². The van der Waals surface area contributed by atoms with Crippen LogP contribution in [0.5, 0.6) is 0 Å². The Morgan fingerprint density at radius 1 is 1.06 bits per heavy atom. The molecule has 1 spiro atoms. The van der Waals surface area contributed by atoms with Gasteiger partial charge < -0.3 is 19.9 Å². The molecule has 0 aromatic heterocycles. The molecule has 2 amide bonds. The van der Waals surface area contributed by atoms with Gasteiger partial charge in [-0.2, -0.15) is 0 Å². The molecule has 2 saturated heterocycles. The number of piperidine rings is 1. The van der Waals surface area contributed by atoms with Crippen LogP contribution in [0.3, 0.4) is 0 Å². The third kappa shape index (κ3) is 5.64. The van der Waals surface area contributed by atoms with Gasteiger partial charge in [0.05, 0.1) is 12.1 Å². The maximum absolute atomic E-state index is 12.7. The Kier molecular flexibility index (Phi) is 7.70. The second-order valence-electron chi connectivity index (χ2n) is 8.21. The Hall–Kier alpha value is -2.41. The van der Waals surface area contributed by atoms with E-state index in [0.29, 0.717) is 13.0 Å². The van der Waals surface area contributed by atoms with E-state index in [0.717, 1.165) is 43.9 Å². The summed E-state index contributed by atoms with van der Waals surface area (Å²) in [6.45, 7) is 4.89. The fourth-order valence-electron chi connectivity index (χ4n) is 4.34. The number of para-hydroxylation sites is 2. The topological polar surface area (TPSA) is 61.9 Å². The molecule has 7 heteroatoms. The van der Waals surface area contributed by atoms with E-state index in [-0.39, 0.29) is 29.8 Å². The van der Waals surface area contributed by atoms with Gasteiger partial charge in [0.15, 0.2) is 0 Å². The van der Waals surface area contributed by atoms with Crippen LogP contribution in [0.4, 0.5) is 11.4 Å². The molecule has 1 N–H and O–H groups in total. The monoisotopic (exact) mass is 443 g/mol. The Morgan fingerprint density at radius 3 is 2.32 bits per heavy atom. The van der Waals surface area contributed by atoms with Crippen LogP contribution in [-0.2, 0) is 14.3 Å². The van der Waals surface area contributed by atoms with Crippen molar-refractivity contribution in [3.8, 4) is 0 Å². The Balaban J connectivity index is 0.00000272. The lowest BCUT2D eigenvalue weighted by atomic mass is 9.88. The van der Waals surface area contributed by atoms with Crippen molar-refractivity contribution in [1.29, 1.82) is 0 Å². The van der Waals surface area contributed by atoms with Crippen molar-refractivity contribution >= 4 is 35.6 Å². The minimum Gasteiger partial charge on any atom is -0.360 e. The number of carbonyl (C=O) groups is 2. The normalized spacial score (nSPS) is 20.9. The van der Waals surface area contributed by atoms with Gasteiger partial charge in [-0.3, -0.25) is 9.59 Å². The Bertz CT molecular complexity index is 870. The third-order valence-electron chi connectivity index (χ3n) is 6.03. The first-order valence-corrected chi connectivity index (χ1v) is 10.7. The van der Waals surface area contributed by atoms with Crippen molar-refractivity contribution < 1.29 is 14.3 Å². The summed E-state index contributed by atoms with van der Waals surface area (Å²) in [4.78, 5) is 29.1. The molecule has 2 aromatic rings. The minimum atomic E-state index is -0.442. The smallest absolute Gasteiger partial charge is 0.255 e. The predicted molar refractivity (Wildman–Crippen MR) is 125 cm³/mol. The van der Waals surface area contributed by atoms with E-state index >= 15 is 0 Å². The number of hydrogen-bond donors (Lipinski definition) is 1. The van der Waals surface area contributed by atoms with Crippen LogP contribution in [0.15, 0.2) is 60.7 Å². The van der Waals surface area contributed by atoms with Crippen LogP contribution in [0.2, 0.25) is 0 Å². The van der Waals surface area contributed by atoms with Crippen LogP contribution >= 0.6 is 12.4 Å². The highest BCUT2D eigenvalue weighted by Crippen LogP contribution is 2.35. The molecule has 2 fully saturated rings. The molecule has 2 aliphatic rings. The molecule has 0 saturated carbocycles. The molecule has 2 heterocycles. The van der Waals surface area contributed by atoms with Crippen LogP contribution in [0.25, 0.3) is 0 Å². The van der Waals surface area contributed by atoms with E-state index in [2.05, 4.69) is 10.2 Å². The van der Waals surface area contributed by atoms with Crippen LogP contribution < -0.4 is 10.2 Å². The highest BCUT2D eigenvalue weighted by Gasteiger charge is 2.45. The summed E-state index contributed by atoms with van der Waals surface area (Å²) in [6.07, 6.45) is 1.73. The molecule has 1 unspecified atom stereocenters. The van der Waals surface area contributed by atoms with E-state index in [1.165, 1.54) is 0 Å². The molecular formula is C24H30ClN3O3. The maximum atomic E-state index is 12.7. The van der Waals surface area contributed by atoms with Crippen molar-refractivity contribution in [3.63, 3.8) is 0 Å². The summed E-state index contributed by atoms with van der Waals surface area (Å²) in [5.74, 6) is 0.0525. The number of ether oxygens (including phenoxy) is 1. The first-order chi connectivity index (χ1) is 14.5. The average Bonchev–Trinajstić information content (AvgIpc) is 2.77. The number of hydrogen-bond acceptors (Lipinski definition) is 4. The van der Waals surface area contributed by atoms with Crippen LogP contribution in [-0.4, -0.2) is 54.6 Å². The predicted octanol–water partition coefficient (Wildman–Crippen LogP) is 3.72. The summed E-state index contributed by atoms with van der Waals surface area (Å²) >= 11 is 0. The van der Waals surface area contributed by atoms with Gasteiger partial charge in [-0.25, -0.2) is 0 Å². The molecule has 2 aromatic carbocycles. The number of nitrogens with one attached hydrogen (secondary N) is 1. The van der Waals surface area contributed by atoms with E-state index in [9.17, 15) is 9.59 Å². The molecule has 1 atom stereocenters. The molecule has 166 valence electrons. The van der Waals surface area contributed by atoms with E-state index < -0.39 is 6.10 Å². The second kappa shape index (κ2) is 10.3. The zero-order chi connectivity index (χ0) is 21.0. The van der Waals surface area contributed by atoms with Crippen molar-refractivity contribution in [1.82, 2.24) is 4.90 Å². The molecule has 0 bridgehead atoms. The van der Waals surface area contributed by atoms with Crippen molar-refractivity contribution in [2.45, 2.75) is 37.9 Å². The first-order valence-electron chi connectivity index (χ1n) is 10.7. The fourth-order valence-corrected chi connectivity index (χ4v) is 4.34. The molecule has 6 nitrogen and oxygen atoms in total. The summed E-state index contributed by atoms with van der Waals surface area (Å²) in [5.41, 5.74) is 1.44. The van der Waals surface area contributed by atoms with Gasteiger partial charge in [-0.05, 0) is 44.0 Å². The minimum absolute atomic E-state index is 0. The van der Waals surface area contributed by atoms with Crippen LogP contribution in [0.1, 0.15) is 26.2 Å². The summed E-state index contributed by atoms with van der Waals surface area (Å²) in [6, 6.07) is 19.4. The largest absolute Gasteiger partial charge is 0.360 e. The van der Waals surface area contributed by atoms with E-state index in [1.807, 2.05) is 72.5 Å². The first kappa shape index (κ1) is 23.3. The second-order valence-corrected chi connectivity index (χ2v) is 8.21. The van der Waals surface area contributed by atoms with Gasteiger partial charge in [0.1, 0.15) is 6.10 Å². The van der Waals surface area contributed by atoms with Crippen LogP contribution in [0, 0.1) is 0 Å². The number of carbonyl (C=O) groups excluding carboxylic acids is 2. The quantitative estimate of drug-likeness (QED) is 0.765. The lowest BCUT2D eigenvalue weighted by Gasteiger charge is -2.49. The zero-order valence-electron chi connectivity index (χ0n) is 17.8. The van der Waals surface area contributed by atoms with Crippen molar-refractivity contribution in [2.75, 3.05) is 36.4 Å². The lowest BCUT2D eigenvalue weighted by molar-refractivity contribution is -0.161. The lowest BCUT2D eigenvalue weighted by Crippen LogP contribution is -2.61. The molecule has 31 heavy (non-hydrogen) atoms. The molecule has 0 radical (unpaired) electrons. The fraction of sp³-hybridized carbons (Fsp3) is 0.417. The molecular weight excluding hydrogens is 414 g/mol. The number of rotatable bonds is 5. The van der Waals surface area contributed by atoms with E-state index in [4.69, 9.17) is 4.74 Å². The van der Waals surface area contributed by atoms with Gasteiger partial charge in [-0.15, -0.1) is 12.4 Å². The third-order valence-corrected chi connectivity index (χ3v) is 6.03. The number of benzene rings is 2. The maximum Gasteiger partial charge on any atom is 0.255 e.